The van der Waals surface area contributed by atoms with E-state index in [1.807, 2.05) is 36.4 Å². The standard InChI is InChI=1S/C11H16N4/c1-3-15-9-10(7-13-15)12-8-11-5-4-6-14(11)2/h4-7,9,12H,3,8H2,1-2H3. The minimum atomic E-state index is 0.832. The molecule has 2 aromatic heterocycles. The molecule has 2 heterocycles. The Morgan fingerprint density at radius 3 is 2.93 bits per heavy atom. The first-order valence-electron chi connectivity index (χ1n) is 5.16. The second-order valence-electron chi connectivity index (χ2n) is 3.55. The summed E-state index contributed by atoms with van der Waals surface area (Å²) in [5.74, 6) is 0. The molecule has 2 aromatic rings. The highest BCUT2D eigenvalue weighted by Crippen LogP contribution is 2.07. The van der Waals surface area contributed by atoms with E-state index in [1.165, 1.54) is 5.69 Å². The van der Waals surface area contributed by atoms with Crippen LogP contribution in [0, 0.1) is 0 Å². The lowest BCUT2D eigenvalue weighted by atomic mass is 10.4. The van der Waals surface area contributed by atoms with Crippen LogP contribution < -0.4 is 5.32 Å². The zero-order valence-electron chi connectivity index (χ0n) is 9.14. The van der Waals surface area contributed by atoms with Crippen molar-refractivity contribution in [2.75, 3.05) is 5.32 Å². The van der Waals surface area contributed by atoms with Gasteiger partial charge in [0, 0.05) is 31.7 Å². The van der Waals surface area contributed by atoms with Crippen LogP contribution in [0.4, 0.5) is 5.69 Å². The van der Waals surface area contributed by atoms with Crippen molar-refractivity contribution in [3.63, 3.8) is 0 Å². The molecule has 1 N–H and O–H groups in total. The minimum absolute atomic E-state index is 0.832. The van der Waals surface area contributed by atoms with Gasteiger partial charge < -0.3 is 9.88 Å². The van der Waals surface area contributed by atoms with Gasteiger partial charge in [-0.05, 0) is 19.1 Å². The first kappa shape index (κ1) is 9.83. The van der Waals surface area contributed by atoms with E-state index in [0.717, 1.165) is 18.8 Å². The zero-order chi connectivity index (χ0) is 10.7. The summed E-state index contributed by atoms with van der Waals surface area (Å²) in [5.41, 5.74) is 2.33. The highest BCUT2D eigenvalue weighted by Gasteiger charge is 1.99. The summed E-state index contributed by atoms with van der Waals surface area (Å²) in [6.45, 7) is 3.82. The zero-order valence-corrected chi connectivity index (χ0v) is 9.14. The molecular formula is C11H16N4. The summed E-state index contributed by atoms with van der Waals surface area (Å²) in [7, 11) is 2.05. The molecule has 0 aliphatic rings. The van der Waals surface area contributed by atoms with Crippen molar-refractivity contribution in [2.24, 2.45) is 7.05 Å². The van der Waals surface area contributed by atoms with Gasteiger partial charge in [-0.15, -0.1) is 0 Å². The summed E-state index contributed by atoms with van der Waals surface area (Å²) in [4.78, 5) is 0. The Bertz CT molecular complexity index is 427. The first-order chi connectivity index (χ1) is 7.29. The number of hydrogen-bond acceptors (Lipinski definition) is 2. The third kappa shape index (κ3) is 2.21. The molecule has 0 saturated heterocycles. The highest BCUT2D eigenvalue weighted by atomic mass is 15.3. The molecule has 0 unspecified atom stereocenters. The molecule has 0 radical (unpaired) electrons. The second kappa shape index (κ2) is 4.21. The molecule has 0 aliphatic heterocycles. The number of nitrogens with one attached hydrogen (secondary N) is 1. The average Bonchev–Trinajstić information content (AvgIpc) is 2.84. The van der Waals surface area contributed by atoms with Gasteiger partial charge in [0.05, 0.1) is 18.4 Å². The number of aryl methyl sites for hydroxylation is 2. The van der Waals surface area contributed by atoms with E-state index in [9.17, 15) is 0 Å². The van der Waals surface area contributed by atoms with Crippen LogP contribution in [0.25, 0.3) is 0 Å². The molecule has 0 fully saturated rings. The summed E-state index contributed by atoms with van der Waals surface area (Å²) in [6.07, 6.45) is 5.92. The van der Waals surface area contributed by atoms with Crippen molar-refractivity contribution in [1.29, 1.82) is 0 Å². The molecule has 0 aromatic carbocycles. The van der Waals surface area contributed by atoms with Crippen LogP contribution in [0.15, 0.2) is 30.7 Å². The van der Waals surface area contributed by atoms with Crippen LogP contribution in [-0.2, 0) is 20.1 Å². The summed E-state index contributed by atoms with van der Waals surface area (Å²) < 4.78 is 4.02. The van der Waals surface area contributed by atoms with Crippen LogP contribution in [-0.4, -0.2) is 14.3 Å². The number of nitrogens with zero attached hydrogens (tertiary/aromatic N) is 3. The Balaban J connectivity index is 1.96. The van der Waals surface area contributed by atoms with Crippen LogP contribution >= 0.6 is 0 Å². The van der Waals surface area contributed by atoms with Gasteiger partial charge in [0.15, 0.2) is 0 Å². The molecule has 0 spiro atoms. The minimum Gasteiger partial charge on any atom is -0.377 e. The van der Waals surface area contributed by atoms with Gasteiger partial charge >= 0.3 is 0 Å². The molecule has 2 rings (SSSR count). The molecule has 15 heavy (non-hydrogen) atoms. The van der Waals surface area contributed by atoms with E-state index >= 15 is 0 Å². The molecule has 0 bridgehead atoms. The Hall–Kier alpha value is -1.71. The van der Waals surface area contributed by atoms with Gasteiger partial charge in [-0.1, -0.05) is 0 Å². The SMILES string of the molecule is CCn1cc(NCc2cccn2C)cn1. The number of aromatic nitrogens is 3. The van der Waals surface area contributed by atoms with Crippen molar-refractivity contribution in [3.05, 3.63) is 36.4 Å². The lowest BCUT2D eigenvalue weighted by molar-refractivity contribution is 0.660. The van der Waals surface area contributed by atoms with E-state index in [-0.39, 0.29) is 0 Å². The lowest BCUT2D eigenvalue weighted by Gasteiger charge is -2.04. The maximum absolute atomic E-state index is 4.20. The van der Waals surface area contributed by atoms with E-state index in [0.29, 0.717) is 0 Å². The third-order valence-electron chi connectivity index (χ3n) is 2.48. The van der Waals surface area contributed by atoms with Crippen molar-refractivity contribution >= 4 is 5.69 Å². The first-order valence-corrected chi connectivity index (χ1v) is 5.16. The van der Waals surface area contributed by atoms with Gasteiger partial charge in [0.2, 0.25) is 0 Å². The fraction of sp³-hybridized carbons (Fsp3) is 0.364. The Morgan fingerprint density at radius 2 is 2.33 bits per heavy atom. The highest BCUT2D eigenvalue weighted by molar-refractivity contribution is 5.38. The molecular weight excluding hydrogens is 188 g/mol. The van der Waals surface area contributed by atoms with Gasteiger partial charge in [-0.3, -0.25) is 4.68 Å². The lowest BCUT2D eigenvalue weighted by Crippen LogP contribution is -2.03. The van der Waals surface area contributed by atoms with E-state index in [4.69, 9.17) is 0 Å². The molecule has 0 aliphatic carbocycles. The summed E-state index contributed by atoms with van der Waals surface area (Å²) >= 11 is 0. The Labute approximate surface area is 89.5 Å². The maximum Gasteiger partial charge on any atom is 0.0729 e. The fourth-order valence-corrected chi connectivity index (χ4v) is 1.50. The van der Waals surface area contributed by atoms with Gasteiger partial charge in [0.25, 0.3) is 0 Å². The van der Waals surface area contributed by atoms with Crippen molar-refractivity contribution in [3.8, 4) is 0 Å². The topological polar surface area (TPSA) is 34.8 Å². The molecule has 0 atom stereocenters. The average molecular weight is 204 g/mol. The number of rotatable bonds is 4. The van der Waals surface area contributed by atoms with E-state index in [1.54, 1.807) is 0 Å². The summed E-state index contributed by atoms with van der Waals surface area (Å²) in [6, 6.07) is 4.16. The third-order valence-corrected chi connectivity index (χ3v) is 2.48. The fourth-order valence-electron chi connectivity index (χ4n) is 1.50. The van der Waals surface area contributed by atoms with Crippen LogP contribution in [0.5, 0.6) is 0 Å². The van der Waals surface area contributed by atoms with Crippen molar-refractivity contribution < 1.29 is 0 Å². The normalized spacial score (nSPS) is 10.5. The van der Waals surface area contributed by atoms with E-state index < -0.39 is 0 Å². The maximum atomic E-state index is 4.20. The monoisotopic (exact) mass is 204 g/mol. The van der Waals surface area contributed by atoms with Gasteiger partial charge in [-0.2, -0.15) is 5.10 Å². The Kier molecular flexibility index (Phi) is 2.76. The molecule has 80 valence electrons. The van der Waals surface area contributed by atoms with E-state index in [2.05, 4.69) is 28.0 Å². The van der Waals surface area contributed by atoms with Crippen LogP contribution in [0.3, 0.4) is 0 Å². The van der Waals surface area contributed by atoms with Gasteiger partial charge in [0.1, 0.15) is 0 Å². The largest absolute Gasteiger partial charge is 0.377 e. The van der Waals surface area contributed by atoms with Gasteiger partial charge in [-0.25, -0.2) is 0 Å². The van der Waals surface area contributed by atoms with Crippen molar-refractivity contribution in [2.45, 2.75) is 20.0 Å². The van der Waals surface area contributed by atoms with Crippen molar-refractivity contribution in [1.82, 2.24) is 14.3 Å². The predicted octanol–water partition coefficient (Wildman–Crippen LogP) is 1.85. The Morgan fingerprint density at radius 1 is 1.47 bits per heavy atom. The van der Waals surface area contributed by atoms with Crippen LogP contribution in [0.2, 0.25) is 0 Å². The summed E-state index contributed by atoms with van der Waals surface area (Å²) in [5, 5.41) is 7.54. The molecule has 4 nitrogen and oxygen atoms in total. The molecule has 0 saturated carbocycles. The molecule has 4 heteroatoms. The van der Waals surface area contributed by atoms with Crippen LogP contribution in [0.1, 0.15) is 12.6 Å². The second-order valence-corrected chi connectivity index (χ2v) is 3.55. The number of anilines is 1. The predicted molar refractivity (Wildman–Crippen MR) is 60.6 cm³/mol. The number of hydrogen-bond donors (Lipinski definition) is 1. The quantitative estimate of drug-likeness (QED) is 0.825. The smallest absolute Gasteiger partial charge is 0.0729 e. The molecule has 0 amide bonds.